The summed E-state index contributed by atoms with van der Waals surface area (Å²) < 4.78 is 10.9. The van der Waals surface area contributed by atoms with Crippen LogP contribution in [0.2, 0.25) is 0 Å². The SMILES string of the molecule is CCOC(=O)C(N=C(c1ccccc1)c1ccccc1)C1C=CC(C(=O)OC(C)(C)C)=CC1C. The van der Waals surface area contributed by atoms with Crippen molar-refractivity contribution in [1.29, 1.82) is 0 Å². The standard InChI is InChI=1S/C29H33NO4/c1-6-33-28(32)26(24-18-17-23(19-20(24)2)27(31)34-29(3,4)5)30-25(21-13-9-7-10-14-21)22-15-11-8-12-16-22/h7-20,24,26H,6H2,1-5H3. The van der Waals surface area contributed by atoms with Crippen LogP contribution in [0, 0.1) is 11.8 Å². The second kappa shape index (κ2) is 11.1. The fraction of sp³-hybridized carbons (Fsp3) is 0.345. The normalized spacial score (nSPS) is 18.4. The van der Waals surface area contributed by atoms with E-state index in [4.69, 9.17) is 14.5 Å². The van der Waals surface area contributed by atoms with Gasteiger partial charge in [-0.1, -0.05) is 85.8 Å². The minimum absolute atomic E-state index is 0.126. The number of hydrogen-bond donors (Lipinski definition) is 0. The zero-order valence-electron chi connectivity index (χ0n) is 20.5. The molecule has 0 aliphatic heterocycles. The molecule has 178 valence electrons. The highest BCUT2D eigenvalue weighted by Crippen LogP contribution is 2.30. The Morgan fingerprint density at radius 2 is 1.53 bits per heavy atom. The van der Waals surface area contributed by atoms with Gasteiger partial charge in [0.25, 0.3) is 0 Å². The monoisotopic (exact) mass is 459 g/mol. The molecule has 0 fully saturated rings. The van der Waals surface area contributed by atoms with Crippen LogP contribution < -0.4 is 0 Å². The smallest absolute Gasteiger partial charge is 0.338 e. The number of allylic oxidation sites excluding steroid dienone is 1. The molecule has 2 aromatic rings. The van der Waals surface area contributed by atoms with Crippen LogP contribution in [0.25, 0.3) is 0 Å². The van der Waals surface area contributed by atoms with Crippen molar-refractivity contribution in [3.05, 3.63) is 95.6 Å². The quantitative estimate of drug-likeness (QED) is 0.402. The average Bonchev–Trinajstić information content (AvgIpc) is 2.80. The number of ether oxygens (including phenoxy) is 2. The highest BCUT2D eigenvalue weighted by molar-refractivity contribution is 6.13. The zero-order chi connectivity index (χ0) is 24.7. The van der Waals surface area contributed by atoms with Crippen molar-refractivity contribution in [2.75, 3.05) is 6.61 Å². The summed E-state index contributed by atoms with van der Waals surface area (Å²) in [7, 11) is 0. The van der Waals surface area contributed by atoms with E-state index in [-0.39, 0.29) is 30.4 Å². The summed E-state index contributed by atoms with van der Waals surface area (Å²) in [5.74, 6) is -1.16. The minimum Gasteiger partial charge on any atom is -0.464 e. The molecule has 3 atom stereocenters. The van der Waals surface area contributed by atoms with Gasteiger partial charge in [0.1, 0.15) is 5.60 Å². The molecule has 2 aromatic carbocycles. The lowest BCUT2D eigenvalue weighted by Gasteiger charge is -2.28. The van der Waals surface area contributed by atoms with E-state index in [0.29, 0.717) is 5.57 Å². The van der Waals surface area contributed by atoms with Crippen molar-refractivity contribution in [3.63, 3.8) is 0 Å². The van der Waals surface area contributed by atoms with E-state index in [9.17, 15) is 9.59 Å². The van der Waals surface area contributed by atoms with E-state index in [2.05, 4.69) is 0 Å². The molecule has 34 heavy (non-hydrogen) atoms. The second-order valence-corrected chi connectivity index (χ2v) is 9.33. The molecule has 0 amide bonds. The van der Waals surface area contributed by atoms with Gasteiger partial charge in [-0.2, -0.15) is 0 Å². The van der Waals surface area contributed by atoms with Crippen molar-refractivity contribution in [2.24, 2.45) is 16.8 Å². The van der Waals surface area contributed by atoms with Gasteiger partial charge >= 0.3 is 11.9 Å². The fourth-order valence-corrected chi connectivity index (χ4v) is 3.88. The maximum Gasteiger partial charge on any atom is 0.338 e. The van der Waals surface area contributed by atoms with Crippen LogP contribution in [0.3, 0.4) is 0 Å². The van der Waals surface area contributed by atoms with Gasteiger partial charge in [0.05, 0.1) is 17.9 Å². The molecule has 0 N–H and O–H groups in total. The van der Waals surface area contributed by atoms with E-state index >= 15 is 0 Å². The summed E-state index contributed by atoms with van der Waals surface area (Å²) in [5, 5.41) is 0. The summed E-state index contributed by atoms with van der Waals surface area (Å²) in [6.07, 6.45) is 5.46. The summed E-state index contributed by atoms with van der Waals surface area (Å²) in [5.41, 5.74) is 2.46. The molecule has 3 rings (SSSR count). The van der Waals surface area contributed by atoms with Crippen LogP contribution in [-0.4, -0.2) is 35.9 Å². The molecule has 5 nitrogen and oxygen atoms in total. The fourth-order valence-electron chi connectivity index (χ4n) is 3.88. The molecule has 0 heterocycles. The third kappa shape index (κ3) is 6.53. The maximum absolute atomic E-state index is 13.1. The first kappa shape index (κ1) is 25.2. The number of nitrogens with zero attached hydrogens (tertiary/aromatic N) is 1. The van der Waals surface area contributed by atoms with Crippen LogP contribution >= 0.6 is 0 Å². The zero-order valence-corrected chi connectivity index (χ0v) is 20.5. The molecule has 3 unspecified atom stereocenters. The van der Waals surface area contributed by atoms with Crippen molar-refractivity contribution >= 4 is 17.7 Å². The molecule has 1 aliphatic carbocycles. The first-order valence-electron chi connectivity index (χ1n) is 11.7. The van der Waals surface area contributed by atoms with Crippen molar-refractivity contribution in [2.45, 2.75) is 46.3 Å². The van der Waals surface area contributed by atoms with Crippen LogP contribution in [0.1, 0.15) is 45.7 Å². The number of rotatable bonds is 7. The third-order valence-corrected chi connectivity index (χ3v) is 5.44. The van der Waals surface area contributed by atoms with Gasteiger partial charge in [-0.3, -0.25) is 4.99 Å². The molecule has 0 aromatic heterocycles. The minimum atomic E-state index is -0.766. The lowest BCUT2D eigenvalue weighted by molar-refractivity contribution is -0.149. The van der Waals surface area contributed by atoms with Crippen LogP contribution in [0.15, 0.2) is 89.5 Å². The molecule has 0 saturated heterocycles. The predicted molar refractivity (Wildman–Crippen MR) is 135 cm³/mol. The van der Waals surface area contributed by atoms with E-state index in [1.807, 2.05) is 101 Å². The highest BCUT2D eigenvalue weighted by atomic mass is 16.6. The lowest BCUT2D eigenvalue weighted by Crippen LogP contribution is -2.35. The van der Waals surface area contributed by atoms with Crippen LogP contribution in [0.4, 0.5) is 0 Å². The van der Waals surface area contributed by atoms with Gasteiger partial charge in [-0.25, -0.2) is 9.59 Å². The van der Waals surface area contributed by atoms with Crippen LogP contribution in [-0.2, 0) is 19.1 Å². The van der Waals surface area contributed by atoms with Crippen molar-refractivity contribution in [1.82, 2.24) is 0 Å². The number of aliphatic imine (C=N–C) groups is 1. The van der Waals surface area contributed by atoms with Gasteiger partial charge < -0.3 is 9.47 Å². The predicted octanol–water partition coefficient (Wildman–Crippen LogP) is 5.55. The van der Waals surface area contributed by atoms with Crippen molar-refractivity contribution in [3.8, 4) is 0 Å². The Morgan fingerprint density at radius 1 is 0.971 bits per heavy atom. The number of carbonyl (C=O) groups excluding carboxylic acids is 2. The highest BCUT2D eigenvalue weighted by Gasteiger charge is 2.34. The van der Waals surface area contributed by atoms with E-state index < -0.39 is 11.6 Å². The Kier molecular flexibility index (Phi) is 8.21. The molecule has 0 radical (unpaired) electrons. The summed E-state index contributed by atoms with van der Waals surface area (Å²) in [4.78, 5) is 30.7. The first-order chi connectivity index (χ1) is 16.2. The van der Waals surface area contributed by atoms with Gasteiger partial charge in [0.15, 0.2) is 6.04 Å². The average molecular weight is 460 g/mol. The van der Waals surface area contributed by atoms with Gasteiger partial charge in [0, 0.05) is 17.0 Å². The van der Waals surface area contributed by atoms with E-state index in [0.717, 1.165) is 16.8 Å². The number of esters is 2. The Balaban J connectivity index is 2.00. The molecule has 0 spiro atoms. The Hall–Kier alpha value is -3.47. The van der Waals surface area contributed by atoms with Gasteiger partial charge in [0.2, 0.25) is 0 Å². The maximum atomic E-state index is 13.1. The lowest BCUT2D eigenvalue weighted by atomic mass is 9.82. The largest absolute Gasteiger partial charge is 0.464 e. The molecule has 0 saturated carbocycles. The first-order valence-corrected chi connectivity index (χ1v) is 11.7. The summed E-state index contributed by atoms with van der Waals surface area (Å²) >= 11 is 0. The number of benzene rings is 2. The molecule has 5 heteroatoms. The van der Waals surface area contributed by atoms with E-state index in [1.54, 1.807) is 13.0 Å². The van der Waals surface area contributed by atoms with Gasteiger partial charge in [-0.05, 0) is 33.6 Å². The molecule has 1 aliphatic rings. The Morgan fingerprint density at radius 3 is 2.00 bits per heavy atom. The topological polar surface area (TPSA) is 65.0 Å². The summed E-state index contributed by atoms with van der Waals surface area (Å²) in [6, 6.07) is 18.9. The molecule has 0 bridgehead atoms. The van der Waals surface area contributed by atoms with Crippen molar-refractivity contribution < 1.29 is 19.1 Å². The van der Waals surface area contributed by atoms with Crippen LogP contribution in [0.5, 0.6) is 0 Å². The number of hydrogen-bond acceptors (Lipinski definition) is 5. The van der Waals surface area contributed by atoms with E-state index in [1.165, 1.54) is 0 Å². The molecular weight excluding hydrogens is 426 g/mol. The Bertz CT molecular complexity index is 1040. The Labute approximate surface area is 202 Å². The second-order valence-electron chi connectivity index (χ2n) is 9.33. The molecular formula is C29H33NO4. The van der Waals surface area contributed by atoms with Gasteiger partial charge in [-0.15, -0.1) is 0 Å². The number of carbonyl (C=O) groups is 2. The summed E-state index contributed by atoms with van der Waals surface area (Å²) in [6.45, 7) is 9.54. The third-order valence-electron chi connectivity index (χ3n) is 5.44.